The lowest BCUT2D eigenvalue weighted by Crippen LogP contribution is -2.00. The normalized spacial score (nSPS) is 11.4. The van der Waals surface area contributed by atoms with Crippen LogP contribution in [0.15, 0.2) is 480 Å². The van der Waals surface area contributed by atoms with E-state index in [1.165, 1.54) is 16.5 Å². The van der Waals surface area contributed by atoms with Gasteiger partial charge in [-0.25, -0.2) is 44.9 Å². The van der Waals surface area contributed by atoms with Crippen molar-refractivity contribution in [2.75, 3.05) is 0 Å². The predicted octanol–water partition coefficient (Wildman–Crippen LogP) is 32.1. The minimum absolute atomic E-state index is 0.634. The molecular formula is C123H77N9O3. The van der Waals surface area contributed by atoms with E-state index in [9.17, 15) is 0 Å². The van der Waals surface area contributed by atoms with Gasteiger partial charge in [-0.2, -0.15) is 0 Å². The summed E-state index contributed by atoms with van der Waals surface area (Å²) in [5.74, 6) is 5.76. The van der Waals surface area contributed by atoms with Crippen molar-refractivity contribution < 1.29 is 13.3 Å². The number of rotatable bonds is 14. The van der Waals surface area contributed by atoms with Crippen LogP contribution in [0.3, 0.4) is 0 Å². The molecule has 6 aromatic heterocycles. The van der Waals surface area contributed by atoms with Crippen LogP contribution >= 0.6 is 0 Å². The van der Waals surface area contributed by atoms with Gasteiger partial charge in [0.05, 0.1) is 0 Å². The summed E-state index contributed by atoms with van der Waals surface area (Å²) >= 11 is 0. The van der Waals surface area contributed by atoms with E-state index in [-0.39, 0.29) is 0 Å². The van der Waals surface area contributed by atoms with E-state index >= 15 is 0 Å². The summed E-state index contributed by atoms with van der Waals surface area (Å²) in [6.45, 7) is 0. The van der Waals surface area contributed by atoms with Crippen LogP contribution in [0.25, 0.3) is 256 Å². The SMILES string of the molecule is c1ccc(-c2ccc(-c3nc(-c4ccccc4)nc(-c4ccc(-c5ccc6c(c5)oc5ccccc56)c5ccccc45)n3)cc2)cc1.c1ccc(-c2ccc(-c3nc(-c4ccccc4)nc(-c4ccc(-c5cccc6oc7ccccc7c56)cc4)n3)cc2)cc1.c1ccc(-c2nc(-c3ccc4ccccc4c3)nc(-c3ccc(-c4ccc5c(c4)oc4ccccc45)c4ccccc34)n2)cc1. The molecule has 0 saturated heterocycles. The molecule has 0 fully saturated rings. The standard InChI is InChI=1S/C43H27N3O.C41H25N3O.C39H25N3O/c1-3-11-28(12-4-1)29-19-21-31(22-20-29)42-44-41(30-13-5-2-6-14-30)45-43(46-42)38-26-25-33(34-15-7-8-16-35(34)38)32-23-24-37-36-17-9-10-18-39(36)47-40(37)27-32;1-2-11-27(12-3-1)39-42-40(30-19-18-26-10-4-5-13-28(26)24-30)44-41(43-39)36-23-22-31(32-14-6-7-15-33(32)36)29-20-21-35-34-16-8-9-17-37(34)45-38(35)25-29;1-3-10-26(11-4-1)27-18-22-30(23-19-27)38-40-37(29-12-5-2-6-13-29)41-39(42-38)31-24-20-28(21-25-31)32-15-9-17-35-36(32)33-14-7-8-16-34(33)43-35/h1-27H;1-25H;1-25H. The van der Waals surface area contributed by atoms with E-state index in [1.54, 1.807) is 0 Å². The first-order chi connectivity index (χ1) is 66.9. The Labute approximate surface area is 776 Å². The van der Waals surface area contributed by atoms with Gasteiger partial charge in [0.25, 0.3) is 0 Å². The Hall–Kier alpha value is -18.4. The van der Waals surface area contributed by atoms with Gasteiger partial charge >= 0.3 is 0 Å². The fourth-order valence-corrected chi connectivity index (χ4v) is 18.3. The van der Waals surface area contributed by atoms with Crippen molar-refractivity contribution in [2.45, 2.75) is 0 Å². The molecule has 0 aliphatic rings. The molecule has 0 spiro atoms. The maximum absolute atomic E-state index is 6.24. The van der Waals surface area contributed by atoms with E-state index in [1.807, 2.05) is 164 Å². The zero-order chi connectivity index (χ0) is 89.5. The molecule has 0 aliphatic carbocycles. The number of hydrogen-bond acceptors (Lipinski definition) is 12. The molecule has 20 aromatic carbocycles. The summed E-state index contributed by atoms with van der Waals surface area (Å²) in [5, 5.41) is 13.5. The number of fused-ring (bicyclic) bond motifs is 12. The molecule has 135 heavy (non-hydrogen) atoms. The molecule has 6 heterocycles. The van der Waals surface area contributed by atoms with Crippen molar-refractivity contribution in [1.82, 2.24) is 44.9 Å². The molecule has 0 radical (unpaired) electrons. The van der Waals surface area contributed by atoms with E-state index in [2.05, 4.69) is 303 Å². The minimum Gasteiger partial charge on any atom is -0.456 e. The number of aromatic nitrogens is 9. The van der Waals surface area contributed by atoms with E-state index < -0.39 is 0 Å². The fourth-order valence-electron chi connectivity index (χ4n) is 18.3. The van der Waals surface area contributed by atoms with Crippen LogP contribution in [-0.2, 0) is 0 Å². The van der Waals surface area contributed by atoms with Gasteiger partial charge in [-0.15, -0.1) is 0 Å². The lowest BCUT2D eigenvalue weighted by molar-refractivity contribution is 0.668. The Morgan fingerprint density at radius 3 is 0.793 bits per heavy atom. The molecule has 0 saturated carbocycles. The molecule has 0 amide bonds. The van der Waals surface area contributed by atoms with Crippen molar-refractivity contribution in [2.24, 2.45) is 0 Å². The molecule has 26 rings (SSSR count). The van der Waals surface area contributed by atoms with Gasteiger partial charge in [0.15, 0.2) is 52.4 Å². The Balaban J connectivity index is 0.000000111. The van der Waals surface area contributed by atoms with Crippen molar-refractivity contribution in [3.05, 3.63) is 467 Å². The third-order valence-electron chi connectivity index (χ3n) is 25.1. The van der Waals surface area contributed by atoms with E-state index in [4.69, 9.17) is 58.1 Å². The third-order valence-corrected chi connectivity index (χ3v) is 25.1. The van der Waals surface area contributed by atoms with Gasteiger partial charge < -0.3 is 13.3 Å². The van der Waals surface area contributed by atoms with Crippen LogP contribution < -0.4 is 0 Å². The van der Waals surface area contributed by atoms with Gasteiger partial charge in [-0.1, -0.05) is 400 Å². The van der Waals surface area contributed by atoms with E-state index in [0.717, 1.165) is 187 Å². The second-order valence-corrected chi connectivity index (χ2v) is 33.4. The molecule has 0 unspecified atom stereocenters. The molecule has 0 N–H and O–H groups in total. The van der Waals surface area contributed by atoms with Crippen molar-refractivity contribution in [3.63, 3.8) is 0 Å². The van der Waals surface area contributed by atoms with Crippen molar-refractivity contribution in [1.29, 1.82) is 0 Å². The summed E-state index contributed by atoms with van der Waals surface area (Å²) < 4.78 is 18.6. The number of furan rings is 3. The van der Waals surface area contributed by atoms with Crippen LogP contribution in [0.2, 0.25) is 0 Å². The van der Waals surface area contributed by atoms with Gasteiger partial charge in [-0.05, 0) is 155 Å². The Kier molecular flexibility index (Phi) is 20.7. The topological polar surface area (TPSA) is 155 Å². The quantitative estimate of drug-likeness (QED) is 0.102. The van der Waals surface area contributed by atoms with E-state index in [0.29, 0.717) is 52.4 Å². The lowest BCUT2D eigenvalue weighted by Gasteiger charge is -2.13. The molecular weight excluding hydrogens is 1650 g/mol. The summed E-state index contributed by atoms with van der Waals surface area (Å²) in [6.07, 6.45) is 0. The van der Waals surface area contributed by atoms with Crippen LogP contribution in [0.4, 0.5) is 0 Å². The van der Waals surface area contributed by atoms with Crippen molar-refractivity contribution >= 4 is 98.1 Å². The lowest BCUT2D eigenvalue weighted by atomic mass is 9.94. The Morgan fingerprint density at radius 1 is 0.119 bits per heavy atom. The number of nitrogens with zero attached hydrogens (tertiary/aromatic N) is 9. The smallest absolute Gasteiger partial charge is 0.164 e. The first kappa shape index (κ1) is 80.0. The first-order valence-corrected chi connectivity index (χ1v) is 45.0. The zero-order valence-electron chi connectivity index (χ0n) is 72.7. The van der Waals surface area contributed by atoms with Gasteiger partial charge in [0.1, 0.15) is 33.5 Å². The van der Waals surface area contributed by atoms with Crippen LogP contribution in [0.1, 0.15) is 0 Å². The maximum Gasteiger partial charge on any atom is 0.164 e. The number of para-hydroxylation sites is 3. The van der Waals surface area contributed by atoms with Gasteiger partial charge in [0, 0.05) is 82.4 Å². The molecule has 0 aliphatic heterocycles. The largest absolute Gasteiger partial charge is 0.456 e. The van der Waals surface area contributed by atoms with Crippen LogP contribution in [0, 0.1) is 0 Å². The number of benzene rings is 20. The Morgan fingerprint density at radius 2 is 0.378 bits per heavy atom. The van der Waals surface area contributed by atoms with Crippen LogP contribution in [0.5, 0.6) is 0 Å². The number of hydrogen-bond donors (Lipinski definition) is 0. The highest BCUT2D eigenvalue weighted by atomic mass is 16.3. The molecule has 0 bridgehead atoms. The maximum atomic E-state index is 6.24. The minimum atomic E-state index is 0.634. The summed E-state index contributed by atoms with van der Waals surface area (Å²) in [7, 11) is 0. The van der Waals surface area contributed by atoms with Gasteiger partial charge in [0.2, 0.25) is 0 Å². The Bertz CT molecular complexity index is 8960. The predicted molar refractivity (Wildman–Crippen MR) is 550 cm³/mol. The van der Waals surface area contributed by atoms with Crippen molar-refractivity contribution in [3.8, 4) is 158 Å². The molecule has 632 valence electrons. The third kappa shape index (κ3) is 15.7. The fraction of sp³-hybridized carbons (Fsp3) is 0. The average Bonchev–Trinajstić information content (AvgIpc) is 1.75. The highest BCUT2D eigenvalue weighted by molar-refractivity contribution is 6.14. The van der Waals surface area contributed by atoms with Gasteiger partial charge in [-0.3, -0.25) is 0 Å². The molecule has 12 nitrogen and oxygen atoms in total. The highest BCUT2D eigenvalue weighted by Crippen LogP contribution is 2.44. The summed E-state index contributed by atoms with van der Waals surface area (Å²) in [5.41, 5.74) is 25.2. The monoisotopic (exact) mass is 1730 g/mol. The first-order valence-electron chi connectivity index (χ1n) is 45.0. The zero-order valence-corrected chi connectivity index (χ0v) is 72.7. The molecule has 26 aromatic rings. The van der Waals surface area contributed by atoms with Crippen LogP contribution in [-0.4, -0.2) is 44.9 Å². The highest BCUT2D eigenvalue weighted by Gasteiger charge is 2.23. The molecule has 12 heteroatoms. The second kappa shape index (κ2) is 34.9. The molecule has 0 atom stereocenters. The second-order valence-electron chi connectivity index (χ2n) is 33.4. The summed E-state index contributed by atoms with van der Waals surface area (Å²) in [6, 6.07) is 160. The average molecular weight is 1730 g/mol. The summed E-state index contributed by atoms with van der Waals surface area (Å²) in [4.78, 5) is 44.9.